The average molecular weight is 771 g/mol. The van der Waals surface area contributed by atoms with Gasteiger partial charge in [-0.25, -0.2) is 0 Å². The van der Waals surface area contributed by atoms with Crippen LogP contribution in [0.3, 0.4) is 0 Å². The topological polar surface area (TPSA) is 59.9 Å². The summed E-state index contributed by atoms with van der Waals surface area (Å²) in [6.45, 7) is 1.62. The predicted molar refractivity (Wildman–Crippen MR) is 242 cm³/mol. The quantitative estimate of drug-likeness (QED) is 0.143. The number of rotatable bonds is 10. The first-order chi connectivity index (χ1) is 29.1. The van der Waals surface area contributed by atoms with Gasteiger partial charge in [-0.2, -0.15) is 0 Å². The monoisotopic (exact) mass is 770 g/mol. The summed E-state index contributed by atoms with van der Waals surface area (Å²) < 4.78 is 0. The number of benzene rings is 8. The van der Waals surface area contributed by atoms with Crippen LogP contribution in [0.1, 0.15) is 0 Å². The first-order valence-corrected chi connectivity index (χ1v) is 19.8. The van der Waals surface area contributed by atoms with E-state index in [-0.39, 0.29) is 11.5 Å². The normalized spacial score (nSPS) is 13.0. The van der Waals surface area contributed by atoms with Gasteiger partial charge in [0.2, 0.25) is 0 Å². The minimum Gasteiger partial charge on any atom is -0.506 e. The van der Waals surface area contributed by atoms with Crippen molar-refractivity contribution in [3.8, 4) is 11.5 Å². The Kier molecular flexibility index (Phi) is 9.19. The van der Waals surface area contributed by atoms with Gasteiger partial charge in [-0.15, -0.1) is 0 Å². The third-order valence-corrected chi connectivity index (χ3v) is 11.1. The van der Waals surface area contributed by atoms with Crippen molar-refractivity contribution in [1.82, 2.24) is 0 Å². The van der Waals surface area contributed by atoms with Crippen molar-refractivity contribution in [2.24, 2.45) is 0 Å². The van der Waals surface area contributed by atoms with Gasteiger partial charge in [0.1, 0.15) is 11.5 Å². The van der Waals surface area contributed by atoms with Crippen molar-refractivity contribution in [3.63, 3.8) is 0 Å². The van der Waals surface area contributed by atoms with E-state index >= 15 is 0 Å². The molecule has 0 aliphatic carbocycles. The molecular formula is C51H42N6O2. The van der Waals surface area contributed by atoms with Gasteiger partial charge in [0.15, 0.2) is 0 Å². The first kappa shape index (κ1) is 35.6. The number of phenols is 2. The molecule has 0 aromatic heterocycles. The van der Waals surface area contributed by atoms with Gasteiger partial charge in [0.05, 0.1) is 54.1 Å². The number of anilines is 12. The van der Waals surface area contributed by atoms with Crippen LogP contribution in [0.4, 0.5) is 68.2 Å². The molecule has 8 nitrogen and oxygen atoms in total. The second-order valence-corrected chi connectivity index (χ2v) is 14.7. The van der Waals surface area contributed by atoms with E-state index < -0.39 is 0 Å². The minimum absolute atomic E-state index is 0.208. The molecule has 8 heteroatoms. The Hall–Kier alpha value is -7.84. The molecule has 0 radical (unpaired) electrons. The predicted octanol–water partition coefficient (Wildman–Crippen LogP) is 12.5. The van der Waals surface area contributed by atoms with E-state index in [0.717, 1.165) is 68.2 Å². The maximum Gasteiger partial charge on any atom is 0.139 e. The smallest absolute Gasteiger partial charge is 0.139 e. The van der Waals surface area contributed by atoms with Crippen LogP contribution in [-0.4, -0.2) is 30.2 Å². The summed E-state index contributed by atoms with van der Waals surface area (Å²) in [4.78, 5) is 13.5. The summed E-state index contributed by atoms with van der Waals surface area (Å²) in [7, 11) is 0. The maximum atomic E-state index is 11.5. The Bertz CT molecular complexity index is 2450. The van der Waals surface area contributed by atoms with E-state index in [0.29, 0.717) is 20.0 Å². The van der Waals surface area contributed by atoms with E-state index in [1.807, 2.05) is 97.1 Å². The van der Waals surface area contributed by atoms with E-state index in [1.54, 1.807) is 12.1 Å². The molecule has 0 fully saturated rings. The lowest BCUT2D eigenvalue weighted by molar-refractivity contribution is 0.475. The van der Waals surface area contributed by atoms with Crippen molar-refractivity contribution >= 4 is 68.2 Å². The molecule has 2 aliphatic heterocycles. The zero-order valence-corrected chi connectivity index (χ0v) is 32.3. The van der Waals surface area contributed by atoms with E-state index in [4.69, 9.17) is 0 Å². The fourth-order valence-electron chi connectivity index (χ4n) is 8.36. The van der Waals surface area contributed by atoms with Crippen LogP contribution in [0.2, 0.25) is 0 Å². The first-order valence-electron chi connectivity index (χ1n) is 19.8. The standard InChI is InChI=1S/C51H42N6O2/c58-50-31-29-42(56(38-17-5-1-6-18-38)39-19-7-2-8-20-39)33-48(50)54-36-52(44-25-13-15-27-46(44)54)35-53-37-55(47-28-16-14-26-45(47)53)49-34-43(30-32-51(49)59)57(40-21-9-3-10-22-40)41-23-11-4-12-24-41/h1-34,58-59H,35-37H2. The second kappa shape index (κ2) is 15.2. The fourth-order valence-corrected chi connectivity index (χ4v) is 8.36. The Morgan fingerprint density at radius 3 is 0.966 bits per heavy atom. The van der Waals surface area contributed by atoms with Gasteiger partial charge >= 0.3 is 0 Å². The highest BCUT2D eigenvalue weighted by molar-refractivity contribution is 5.90. The number of phenolic OH excluding ortho intramolecular Hbond substituents is 2. The minimum atomic E-state index is 0.208. The highest BCUT2D eigenvalue weighted by Gasteiger charge is 2.34. The summed E-state index contributed by atoms with van der Waals surface area (Å²) in [6.07, 6.45) is 0. The third kappa shape index (κ3) is 6.66. The molecule has 0 bridgehead atoms. The summed E-state index contributed by atoms with van der Waals surface area (Å²) in [5.41, 5.74) is 11.6. The van der Waals surface area contributed by atoms with E-state index in [1.165, 1.54) is 0 Å². The number of nitrogens with zero attached hydrogens (tertiary/aromatic N) is 6. The molecule has 288 valence electrons. The van der Waals surface area contributed by atoms with E-state index in [2.05, 4.69) is 126 Å². The fraction of sp³-hybridized carbons (Fsp3) is 0.0588. The van der Waals surface area contributed by atoms with Crippen LogP contribution in [0.15, 0.2) is 206 Å². The summed E-state index contributed by atoms with van der Waals surface area (Å²) in [6, 6.07) is 69.7. The Labute approximate surface area is 344 Å². The van der Waals surface area contributed by atoms with Crippen LogP contribution in [0.5, 0.6) is 11.5 Å². The molecule has 0 saturated heterocycles. The van der Waals surface area contributed by atoms with E-state index in [9.17, 15) is 10.2 Å². The number of aromatic hydroxyl groups is 2. The lowest BCUT2D eigenvalue weighted by Crippen LogP contribution is -2.40. The highest BCUT2D eigenvalue weighted by Crippen LogP contribution is 2.49. The van der Waals surface area contributed by atoms with Gasteiger partial charge < -0.3 is 39.6 Å². The van der Waals surface area contributed by atoms with Crippen LogP contribution in [0, 0.1) is 0 Å². The summed E-state index contributed by atoms with van der Waals surface area (Å²) in [5, 5.41) is 23.0. The van der Waals surface area contributed by atoms with Crippen molar-refractivity contribution in [1.29, 1.82) is 0 Å². The summed E-state index contributed by atoms with van der Waals surface area (Å²) in [5.74, 6) is 0.416. The van der Waals surface area contributed by atoms with Gasteiger partial charge in [-0.3, -0.25) is 0 Å². The lowest BCUT2D eigenvalue weighted by Gasteiger charge is -2.30. The molecule has 8 aromatic carbocycles. The molecule has 8 aromatic rings. The third-order valence-electron chi connectivity index (χ3n) is 11.1. The van der Waals surface area contributed by atoms with Gasteiger partial charge in [-0.1, -0.05) is 97.1 Å². The largest absolute Gasteiger partial charge is 0.506 e. The molecule has 59 heavy (non-hydrogen) atoms. The number of hydrogen-bond donors (Lipinski definition) is 2. The van der Waals surface area contributed by atoms with Crippen molar-refractivity contribution in [3.05, 3.63) is 206 Å². The molecule has 2 aliphatic rings. The van der Waals surface area contributed by atoms with Crippen molar-refractivity contribution in [2.75, 3.05) is 49.4 Å². The molecule has 0 unspecified atom stereocenters. The lowest BCUT2D eigenvalue weighted by atomic mass is 10.1. The van der Waals surface area contributed by atoms with Gasteiger partial charge in [0.25, 0.3) is 0 Å². The SMILES string of the molecule is Oc1ccc(N(c2ccccc2)c2ccccc2)cc1N1CN(CN2CN(c3cc(N(c4ccccc4)c4ccccc4)ccc3O)c3ccccc32)c2ccccc21. The molecule has 0 saturated carbocycles. The number of hydrogen-bond acceptors (Lipinski definition) is 8. The summed E-state index contributed by atoms with van der Waals surface area (Å²) >= 11 is 0. The van der Waals surface area contributed by atoms with Crippen LogP contribution in [0.25, 0.3) is 0 Å². The highest BCUT2D eigenvalue weighted by atomic mass is 16.3. The van der Waals surface area contributed by atoms with Crippen molar-refractivity contribution in [2.45, 2.75) is 0 Å². The molecule has 10 rings (SSSR count). The second-order valence-electron chi connectivity index (χ2n) is 14.7. The van der Waals surface area contributed by atoms with Crippen LogP contribution >= 0.6 is 0 Å². The number of fused-ring (bicyclic) bond motifs is 2. The Morgan fingerprint density at radius 1 is 0.322 bits per heavy atom. The van der Waals surface area contributed by atoms with Gasteiger partial charge in [-0.05, 0) is 109 Å². The zero-order valence-electron chi connectivity index (χ0n) is 32.3. The van der Waals surface area contributed by atoms with Crippen molar-refractivity contribution < 1.29 is 10.2 Å². The molecule has 0 amide bonds. The van der Waals surface area contributed by atoms with Crippen LogP contribution in [-0.2, 0) is 0 Å². The molecule has 2 heterocycles. The average Bonchev–Trinajstić information content (AvgIpc) is 3.84. The zero-order chi connectivity index (χ0) is 39.7. The molecule has 2 N–H and O–H groups in total. The van der Waals surface area contributed by atoms with Crippen LogP contribution < -0.4 is 29.4 Å². The van der Waals surface area contributed by atoms with Gasteiger partial charge in [0, 0.05) is 34.1 Å². The number of para-hydroxylation sites is 8. The molecular weight excluding hydrogens is 729 g/mol. The molecule has 0 spiro atoms. The maximum absolute atomic E-state index is 11.5. The molecule has 0 atom stereocenters. The Morgan fingerprint density at radius 2 is 0.627 bits per heavy atom. The Balaban J connectivity index is 0.974.